The topological polar surface area (TPSA) is 67.9 Å². The molecule has 26 heavy (non-hydrogen) atoms. The largest absolute Gasteiger partial charge is 0.454 e. The van der Waals surface area contributed by atoms with E-state index < -0.39 is 11.6 Å². The van der Waals surface area contributed by atoms with Gasteiger partial charge in [-0.25, -0.2) is 9.18 Å². The van der Waals surface area contributed by atoms with Crippen molar-refractivity contribution in [2.45, 2.75) is 25.4 Å². The number of nitrogens with zero attached hydrogens (tertiary/aromatic N) is 1. The zero-order valence-corrected chi connectivity index (χ0v) is 14.1. The Morgan fingerprint density at radius 3 is 2.54 bits per heavy atom. The fraction of sp³-hybridized carbons (Fsp3) is 0.263. The van der Waals surface area contributed by atoms with Crippen molar-refractivity contribution in [3.63, 3.8) is 0 Å². The van der Waals surface area contributed by atoms with Gasteiger partial charge < -0.3 is 14.8 Å². The molecule has 0 unspecified atom stereocenters. The van der Waals surface area contributed by atoms with Crippen LogP contribution < -0.4 is 14.8 Å². The monoisotopic (exact) mass is 356 g/mol. The fourth-order valence-corrected chi connectivity index (χ4v) is 3.24. The second-order valence-corrected chi connectivity index (χ2v) is 6.64. The maximum absolute atomic E-state index is 13.0. The van der Waals surface area contributed by atoms with Crippen LogP contribution in [-0.4, -0.2) is 29.2 Å². The number of amides is 3. The Hall–Kier alpha value is -3.09. The molecular weight excluding hydrogens is 339 g/mol. The predicted octanol–water partition coefficient (Wildman–Crippen LogP) is 2.61. The van der Waals surface area contributed by atoms with Gasteiger partial charge in [0.05, 0.1) is 6.54 Å². The summed E-state index contributed by atoms with van der Waals surface area (Å²) in [7, 11) is 0. The van der Waals surface area contributed by atoms with Crippen LogP contribution in [0.15, 0.2) is 42.5 Å². The van der Waals surface area contributed by atoms with Crippen LogP contribution in [0.4, 0.5) is 9.18 Å². The number of carbonyl (C=O) groups is 2. The molecule has 0 spiro atoms. The van der Waals surface area contributed by atoms with E-state index in [1.54, 1.807) is 25.1 Å². The standard InChI is InChI=1S/C19H17FN2O4/c1-19(9-13-4-7-15-16(8-13)26-11-25-15)17(23)22(18(24)21-19)10-12-2-5-14(20)6-3-12/h2-8H,9-11H2,1H3,(H,21,24)/t19-/m1/s1. The molecule has 3 amide bonds. The van der Waals surface area contributed by atoms with Gasteiger partial charge in [0.1, 0.15) is 11.4 Å². The van der Waals surface area contributed by atoms with E-state index in [1.807, 2.05) is 12.1 Å². The molecule has 2 aliphatic rings. The zero-order valence-electron chi connectivity index (χ0n) is 14.1. The van der Waals surface area contributed by atoms with Gasteiger partial charge in [0.15, 0.2) is 11.5 Å². The Bertz CT molecular complexity index is 884. The van der Waals surface area contributed by atoms with Gasteiger partial charge in [-0.15, -0.1) is 0 Å². The minimum absolute atomic E-state index is 0.0989. The highest BCUT2D eigenvalue weighted by molar-refractivity contribution is 6.06. The van der Waals surface area contributed by atoms with Crippen LogP contribution in [0.25, 0.3) is 0 Å². The van der Waals surface area contributed by atoms with E-state index in [2.05, 4.69) is 5.32 Å². The van der Waals surface area contributed by atoms with Gasteiger partial charge in [-0.05, 0) is 42.3 Å². The summed E-state index contributed by atoms with van der Waals surface area (Å²) in [5, 5.41) is 2.77. The molecule has 134 valence electrons. The van der Waals surface area contributed by atoms with Crippen LogP contribution in [0.2, 0.25) is 0 Å². The zero-order chi connectivity index (χ0) is 18.3. The minimum Gasteiger partial charge on any atom is -0.454 e. The van der Waals surface area contributed by atoms with Crippen LogP contribution in [0.3, 0.4) is 0 Å². The Labute approximate surface area is 149 Å². The summed E-state index contributed by atoms with van der Waals surface area (Å²) in [4.78, 5) is 26.3. The smallest absolute Gasteiger partial charge is 0.325 e. The molecule has 0 aliphatic carbocycles. The van der Waals surface area contributed by atoms with Gasteiger partial charge in [0.2, 0.25) is 6.79 Å². The van der Waals surface area contributed by atoms with Gasteiger partial charge in [0, 0.05) is 6.42 Å². The second kappa shape index (κ2) is 6.01. The van der Waals surface area contributed by atoms with Gasteiger partial charge in [-0.2, -0.15) is 0 Å². The van der Waals surface area contributed by atoms with Crippen molar-refractivity contribution in [2.24, 2.45) is 0 Å². The summed E-state index contributed by atoms with van der Waals surface area (Å²) in [5.41, 5.74) is 0.487. The van der Waals surface area contributed by atoms with Crippen molar-refractivity contribution in [1.82, 2.24) is 10.2 Å². The van der Waals surface area contributed by atoms with Gasteiger partial charge in [-0.1, -0.05) is 18.2 Å². The molecule has 6 nitrogen and oxygen atoms in total. The molecule has 0 saturated carbocycles. The first kappa shape index (κ1) is 16.4. The number of imide groups is 1. The predicted molar refractivity (Wildman–Crippen MR) is 90.2 cm³/mol. The summed E-state index contributed by atoms with van der Waals surface area (Å²) in [6.45, 7) is 1.97. The molecule has 2 aromatic rings. The average Bonchev–Trinajstić information content (AvgIpc) is 3.15. The highest BCUT2D eigenvalue weighted by atomic mass is 19.1. The lowest BCUT2D eigenvalue weighted by Gasteiger charge is -2.22. The summed E-state index contributed by atoms with van der Waals surface area (Å²) >= 11 is 0. The number of hydrogen-bond acceptors (Lipinski definition) is 4. The lowest BCUT2D eigenvalue weighted by Crippen LogP contribution is -2.45. The molecule has 2 aromatic carbocycles. The molecule has 1 fully saturated rings. The number of hydrogen-bond donors (Lipinski definition) is 1. The molecule has 4 rings (SSSR count). The van der Waals surface area contributed by atoms with Crippen LogP contribution in [-0.2, 0) is 17.8 Å². The number of nitrogens with one attached hydrogen (secondary N) is 1. The molecule has 2 aliphatic heterocycles. The number of ether oxygens (including phenoxy) is 2. The third kappa shape index (κ3) is 2.85. The van der Waals surface area contributed by atoms with Gasteiger partial charge in [-0.3, -0.25) is 9.69 Å². The number of fused-ring (bicyclic) bond motifs is 1. The molecule has 7 heteroatoms. The highest BCUT2D eigenvalue weighted by Gasteiger charge is 2.47. The number of urea groups is 1. The summed E-state index contributed by atoms with van der Waals surface area (Å²) in [6.07, 6.45) is 0.328. The van der Waals surface area contributed by atoms with E-state index in [1.165, 1.54) is 12.1 Å². The van der Waals surface area contributed by atoms with E-state index in [0.29, 0.717) is 23.5 Å². The summed E-state index contributed by atoms with van der Waals surface area (Å²) in [6, 6.07) is 10.7. The number of benzene rings is 2. The Morgan fingerprint density at radius 2 is 1.77 bits per heavy atom. The highest BCUT2D eigenvalue weighted by Crippen LogP contribution is 2.34. The average molecular weight is 356 g/mol. The molecule has 0 radical (unpaired) electrons. The Morgan fingerprint density at radius 1 is 1.08 bits per heavy atom. The summed E-state index contributed by atoms with van der Waals surface area (Å²) < 4.78 is 23.7. The molecular formula is C19H17FN2O4. The number of carbonyl (C=O) groups excluding carboxylic acids is 2. The van der Waals surface area contributed by atoms with Crippen LogP contribution in [0, 0.1) is 5.82 Å². The molecule has 0 bridgehead atoms. The minimum atomic E-state index is -1.05. The molecule has 0 aromatic heterocycles. The number of rotatable bonds is 4. The van der Waals surface area contributed by atoms with E-state index in [-0.39, 0.29) is 25.1 Å². The Balaban J connectivity index is 1.52. The van der Waals surface area contributed by atoms with Crippen molar-refractivity contribution in [1.29, 1.82) is 0 Å². The van der Waals surface area contributed by atoms with Crippen molar-refractivity contribution in [3.8, 4) is 11.5 Å². The SMILES string of the molecule is C[C@]1(Cc2ccc3c(c2)OCO3)NC(=O)N(Cc2ccc(F)cc2)C1=O. The first-order chi connectivity index (χ1) is 12.4. The maximum Gasteiger partial charge on any atom is 0.325 e. The van der Waals surface area contributed by atoms with Crippen molar-refractivity contribution >= 4 is 11.9 Å². The Kier molecular flexibility index (Phi) is 3.79. The second-order valence-electron chi connectivity index (χ2n) is 6.64. The van der Waals surface area contributed by atoms with E-state index >= 15 is 0 Å². The van der Waals surface area contributed by atoms with Crippen LogP contribution in [0.5, 0.6) is 11.5 Å². The first-order valence-electron chi connectivity index (χ1n) is 8.22. The van der Waals surface area contributed by atoms with Crippen molar-refractivity contribution in [3.05, 3.63) is 59.4 Å². The maximum atomic E-state index is 13.0. The lowest BCUT2D eigenvalue weighted by molar-refractivity contribution is -0.131. The van der Waals surface area contributed by atoms with Crippen LogP contribution in [0.1, 0.15) is 18.1 Å². The quantitative estimate of drug-likeness (QED) is 0.855. The van der Waals surface area contributed by atoms with E-state index in [0.717, 1.165) is 10.5 Å². The summed E-state index contributed by atoms with van der Waals surface area (Å²) in [5.74, 6) is 0.618. The number of halogens is 1. The van der Waals surface area contributed by atoms with Crippen molar-refractivity contribution in [2.75, 3.05) is 6.79 Å². The van der Waals surface area contributed by atoms with E-state index in [4.69, 9.17) is 9.47 Å². The fourth-order valence-electron chi connectivity index (χ4n) is 3.24. The van der Waals surface area contributed by atoms with Gasteiger partial charge in [0.25, 0.3) is 5.91 Å². The third-order valence-electron chi connectivity index (χ3n) is 4.59. The van der Waals surface area contributed by atoms with Gasteiger partial charge >= 0.3 is 6.03 Å². The molecule has 1 N–H and O–H groups in total. The third-order valence-corrected chi connectivity index (χ3v) is 4.59. The van der Waals surface area contributed by atoms with Crippen LogP contribution >= 0.6 is 0 Å². The normalized spacial score (nSPS) is 21.2. The first-order valence-corrected chi connectivity index (χ1v) is 8.22. The molecule has 1 saturated heterocycles. The molecule has 2 heterocycles. The lowest BCUT2D eigenvalue weighted by atomic mass is 9.92. The van der Waals surface area contributed by atoms with E-state index in [9.17, 15) is 14.0 Å². The van der Waals surface area contributed by atoms with Crippen molar-refractivity contribution < 1.29 is 23.5 Å². The molecule has 1 atom stereocenters.